The predicted molar refractivity (Wildman–Crippen MR) is 108 cm³/mol. The SMILES string of the molecule is c1ccc(COc2ccc3c(c2)C2OCC[C@H]2[C@@H](C2CCCCC2)N3)cc1. The van der Waals surface area contributed by atoms with Crippen LogP contribution >= 0.6 is 0 Å². The number of anilines is 1. The molecule has 0 spiro atoms. The van der Waals surface area contributed by atoms with E-state index >= 15 is 0 Å². The van der Waals surface area contributed by atoms with E-state index < -0.39 is 0 Å². The number of nitrogens with one attached hydrogen (secondary N) is 1. The monoisotopic (exact) mass is 363 g/mol. The highest BCUT2D eigenvalue weighted by molar-refractivity contribution is 5.58. The third-order valence-electron chi connectivity index (χ3n) is 6.66. The Balaban J connectivity index is 1.36. The van der Waals surface area contributed by atoms with E-state index in [1.807, 2.05) is 6.07 Å². The van der Waals surface area contributed by atoms with Crippen LogP contribution in [0, 0.1) is 11.8 Å². The van der Waals surface area contributed by atoms with Crippen molar-refractivity contribution in [3.63, 3.8) is 0 Å². The standard InChI is InChI=1S/C24H29NO2/c1-3-7-17(8-4-1)16-27-19-11-12-22-21(15-19)24-20(13-14-26-24)23(25-22)18-9-5-2-6-10-18/h1,3-4,7-8,11-12,15,18,20,23-25H,2,5-6,9-10,13-14,16H2/t20-,23+,24?/m0/s1. The van der Waals surface area contributed by atoms with Crippen LogP contribution in [0.2, 0.25) is 0 Å². The Morgan fingerprint density at radius 1 is 0.963 bits per heavy atom. The fourth-order valence-corrected chi connectivity index (χ4v) is 5.28. The van der Waals surface area contributed by atoms with Crippen LogP contribution in [0.3, 0.4) is 0 Å². The zero-order chi connectivity index (χ0) is 18.1. The van der Waals surface area contributed by atoms with Crippen LogP contribution < -0.4 is 10.1 Å². The van der Waals surface area contributed by atoms with Gasteiger partial charge in [-0.15, -0.1) is 0 Å². The second-order valence-electron chi connectivity index (χ2n) is 8.34. The molecule has 0 amide bonds. The van der Waals surface area contributed by atoms with E-state index in [0.717, 1.165) is 18.3 Å². The summed E-state index contributed by atoms with van der Waals surface area (Å²) in [4.78, 5) is 0. The Morgan fingerprint density at radius 2 is 1.81 bits per heavy atom. The van der Waals surface area contributed by atoms with Crippen LogP contribution in [0.15, 0.2) is 48.5 Å². The Labute approximate surface area is 162 Å². The molecule has 3 atom stereocenters. The predicted octanol–water partition coefficient (Wildman–Crippen LogP) is 5.72. The van der Waals surface area contributed by atoms with E-state index in [4.69, 9.17) is 9.47 Å². The van der Waals surface area contributed by atoms with Crippen molar-refractivity contribution in [3.8, 4) is 5.75 Å². The minimum absolute atomic E-state index is 0.230. The Kier molecular flexibility index (Phi) is 4.79. The lowest BCUT2D eigenvalue weighted by atomic mass is 9.73. The van der Waals surface area contributed by atoms with Crippen LogP contribution in [-0.4, -0.2) is 12.6 Å². The maximum atomic E-state index is 6.23. The zero-order valence-corrected chi connectivity index (χ0v) is 15.9. The zero-order valence-electron chi connectivity index (χ0n) is 15.9. The highest BCUT2D eigenvalue weighted by atomic mass is 16.5. The minimum atomic E-state index is 0.230. The molecular weight excluding hydrogens is 334 g/mol. The summed E-state index contributed by atoms with van der Waals surface area (Å²) >= 11 is 0. The lowest BCUT2D eigenvalue weighted by molar-refractivity contribution is 0.0729. The van der Waals surface area contributed by atoms with Gasteiger partial charge in [0.2, 0.25) is 0 Å². The fourth-order valence-electron chi connectivity index (χ4n) is 5.28. The van der Waals surface area contributed by atoms with Gasteiger partial charge in [0.25, 0.3) is 0 Å². The number of benzene rings is 2. The molecule has 1 saturated carbocycles. The van der Waals surface area contributed by atoms with Crippen LogP contribution in [0.4, 0.5) is 5.69 Å². The first-order valence-corrected chi connectivity index (χ1v) is 10.6. The highest BCUT2D eigenvalue weighted by Gasteiger charge is 2.43. The molecule has 2 aromatic rings. The smallest absolute Gasteiger partial charge is 0.120 e. The molecule has 142 valence electrons. The fraction of sp³-hybridized carbons (Fsp3) is 0.500. The molecular formula is C24H29NO2. The maximum absolute atomic E-state index is 6.23. The summed E-state index contributed by atoms with van der Waals surface area (Å²) < 4.78 is 12.3. The first-order valence-electron chi connectivity index (χ1n) is 10.6. The highest BCUT2D eigenvalue weighted by Crippen LogP contribution is 2.49. The topological polar surface area (TPSA) is 30.5 Å². The van der Waals surface area contributed by atoms with E-state index in [1.54, 1.807) is 0 Å². The molecule has 3 aliphatic rings. The summed E-state index contributed by atoms with van der Waals surface area (Å²) in [7, 11) is 0. The van der Waals surface area contributed by atoms with E-state index in [1.165, 1.54) is 55.3 Å². The maximum Gasteiger partial charge on any atom is 0.120 e. The Bertz CT molecular complexity index is 769. The van der Waals surface area contributed by atoms with E-state index in [0.29, 0.717) is 18.6 Å². The average molecular weight is 364 g/mol. The van der Waals surface area contributed by atoms with Crippen LogP contribution in [0.5, 0.6) is 5.75 Å². The summed E-state index contributed by atoms with van der Waals surface area (Å²) in [5.41, 5.74) is 3.73. The molecule has 3 nitrogen and oxygen atoms in total. The van der Waals surface area contributed by atoms with Gasteiger partial charge in [0.15, 0.2) is 0 Å². The molecule has 1 aliphatic carbocycles. The van der Waals surface area contributed by atoms with Crippen LogP contribution in [-0.2, 0) is 11.3 Å². The molecule has 3 heteroatoms. The average Bonchev–Trinajstić information content (AvgIpc) is 3.23. The van der Waals surface area contributed by atoms with Crippen molar-refractivity contribution in [2.24, 2.45) is 11.8 Å². The summed E-state index contributed by atoms with van der Waals surface area (Å²) in [6, 6.07) is 17.4. The summed E-state index contributed by atoms with van der Waals surface area (Å²) in [5.74, 6) is 2.34. The van der Waals surface area contributed by atoms with Gasteiger partial charge in [0, 0.05) is 29.8 Å². The van der Waals surface area contributed by atoms with Crippen LogP contribution in [0.25, 0.3) is 0 Å². The molecule has 0 bridgehead atoms. The van der Waals surface area contributed by atoms with Gasteiger partial charge in [-0.3, -0.25) is 0 Å². The van der Waals surface area contributed by atoms with Crippen molar-refractivity contribution in [2.45, 2.75) is 57.3 Å². The third kappa shape index (κ3) is 3.45. The van der Waals surface area contributed by atoms with E-state index in [9.17, 15) is 0 Å². The normalized spacial score (nSPS) is 27.5. The summed E-state index contributed by atoms with van der Waals surface area (Å²) in [5, 5.41) is 3.90. The second kappa shape index (κ2) is 7.55. The van der Waals surface area contributed by atoms with Gasteiger partial charge in [0.05, 0.1) is 6.10 Å². The van der Waals surface area contributed by atoms with Crippen molar-refractivity contribution in [3.05, 3.63) is 59.7 Å². The van der Waals surface area contributed by atoms with Crippen LogP contribution in [0.1, 0.15) is 55.8 Å². The Morgan fingerprint density at radius 3 is 2.67 bits per heavy atom. The summed E-state index contributed by atoms with van der Waals surface area (Å²) in [6.07, 6.45) is 8.33. The molecule has 2 heterocycles. The number of hydrogen-bond acceptors (Lipinski definition) is 3. The molecule has 5 rings (SSSR count). The third-order valence-corrected chi connectivity index (χ3v) is 6.66. The molecule has 0 radical (unpaired) electrons. The second-order valence-corrected chi connectivity index (χ2v) is 8.34. The largest absolute Gasteiger partial charge is 0.489 e. The van der Waals surface area contributed by atoms with Crippen molar-refractivity contribution < 1.29 is 9.47 Å². The molecule has 1 unspecified atom stereocenters. The number of fused-ring (bicyclic) bond motifs is 3. The first-order chi connectivity index (χ1) is 13.4. The molecule has 2 aliphatic heterocycles. The van der Waals surface area contributed by atoms with E-state index in [-0.39, 0.29) is 6.10 Å². The van der Waals surface area contributed by atoms with Gasteiger partial charge in [-0.05, 0) is 48.9 Å². The Hall–Kier alpha value is -2.00. The van der Waals surface area contributed by atoms with Gasteiger partial charge < -0.3 is 14.8 Å². The van der Waals surface area contributed by atoms with E-state index in [2.05, 4.69) is 47.8 Å². The van der Waals surface area contributed by atoms with Crippen molar-refractivity contribution in [1.82, 2.24) is 0 Å². The van der Waals surface area contributed by atoms with Crippen molar-refractivity contribution >= 4 is 5.69 Å². The van der Waals surface area contributed by atoms with Crippen molar-refractivity contribution in [1.29, 1.82) is 0 Å². The van der Waals surface area contributed by atoms with Gasteiger partial charge >= 0.3 is 0 Å². The first kappa shape index (κ1) is 17.1. The van der Waals surface area contributed by atoms with Gasteiger partial charge in [-0.25, -0.2) is 0 Å². The van der Waals surface area contributed by atoms with Gasteiger partial charge in [-0.1, -0.05) is 49.6 Å². The summed E-state index contributed by atoms with van der Waals surface area (Å²) in [6.45, 7) is 1.49. The molecule has 2 aromatic carbocycles. The lowest BCUT2D eigenvalue weighted by Crippen LogP contribution is -2.42. The molecule has 1 N–H and O–H groups in total. The molecule has 27 heavy (non-hydrogen) atoms. The molecule has 2 fully saturated rings. The van der Waals surface area contributed by atoms with Gasteiger partial charge in [0.1, 0.15) is 12.4 Å². The number of rotatable bonds is 4. The molecule has 0 aromatic heterocycles. The quantitative estimate of drug-likeness (QED) is 0.754. The lowest BCUT2D eigenvalue weighted by Gasteiger charge is -2.42. The number of hydrogen-bond donors (Lipinski definition) is 1. The molecule has 1 saturated heterocycles. The van der Waals surface area contributed by atoms with Gasteiger partial charge in [-0.2, -0.15) is 0 Å². The van der Waals surface area contributed by atoms with Crippen molar-refractivity contribution in [2.75, 3.05) is 11.9 Å². The minimum Gasteiger partial charge on any atom is -0.489 e. The number of ether oxygens (including phenoxy) is 2.